The fraction of sp³-hybridized carbons (Fsp3) is 0.462. The lowest BCUT2D eigenvalue weighted by molar-refractivity contribution is -0.384. The lowest BCUT2D eigenvalue weighted by atomic mass is 9.99. The van der Waals surface area contributed by atoms with E-state index in [1.165, 1.54) is 28.6 Å². The lowest BCUT2D eigenvalue weighted by Gasteiger charge is -2.41. The second-order valence-corrected chi connectivity index (χ2v) is 7.50. The molecule has 3 rings (SSSR count). The predicted octanol–water partition coefficient (Wildman–Crippen LogP) is -0.554. The maximum Gasteiger partial charge on any atom is 0.269 e. The molecular formula is C13H16N4O5S. The summed E-state index contributed by atoms with van der Waals surface area (Å²) in [5.74, 6) is -0.152. The quantitative estimate of drug-likeness (QED) is 0.562. The molecule has 1 aromatic carbocycles. The number of nitro groups is 1. The van der Waals surface area contributed by atoms with Gasteiger partial charge in [-0.1, -0.05) is 0 Å². The number of amides is 1. The minimum Gasteiger partial charge on any atom is -0.349 e. The lowest BCUT2D eigenvalue weighted by Crippen LogP contribution is -2.65. The first-order valence-electron chi connectivity index (χ1n) is 7.15. The monoisotopic (exact) mass is 340 g/mol. The minimum atomic E-state index is -3.74. The highest BCUT2D eigenvalue weighted by molar-refractivity contribution is 7.89. The number of sulfonamides is 1. The Morgan fingerprint density at radius 2 is 1.91 bits per heavy atom. The van der Waals surface area contributed by atoms with E-state index in [1.807, 2.05) is 0 Å². The van der Waals surface area contributed by atoms with Crippen LogP contribution in [0, 0.1) is 10.1 Å². The van der Waals surface area contributed by atoms with Crippen LogP contribution in [0.2, 0.25) is 0 Å². The first kappa shape index (κ1) is 15.8. The average Bonchev–Trinajstić information content (AvgIpc) is 2.54. The molecule has 0 aliphatic carbocycles. The Hall–Kier alpha value is -2.04. The number of piperazine rings is 1. The first-order valence-corrected chi connectivity index (χ1v) is 8.59. The molecule has 0 saturated carbocycles. The van der Waals surface area contributed by atoms with E-state index in [2.05, 4.69) is 10.6 Å². The zero-order chi connectivity index (χ0) is 16.6. The van der Waals surface area contributed by atoms with Crippen LogP contribution < -0.4 is 10.6 Å². The van der Waals surface area contributed by atoms with Crippen molar-refractivity contribution in [1.29, 1.82) is 0 Å². The second-order valence-electron chi connectivity index (χ2n) is 5.56. The van der Waals surface area contributed by atoms with Crippen molar-refractivity contribution in [2.75, 3.05) is 19.6 Å². The van der Waals surface area contributed by atoms with E-state index < -0.39 is 14.9 Å². The van der Waals surface area contributed by atoms with Crippen molar-refractivity contribution < 1.29 is 18.1 Å². The number of rotatable bonds is 3. The number of nitrogens with zero attached hydrogens (tertiary/aromatic N) is 2. The summed E-state index contributed by atoms with van der Waals surface area (Å²) >= 11 is 0. The van der Waals surface area contributed by atoms with E-state index in [1.54, 1.807) is 0 Å². The van der Waals surface area contributed by atoms with Gasteiger partial charge < -0.3 is 10.6 Å². The fourth-order valence-electron chi connectivity index (χ4n) is 2.90. The molecule has 2 N–H and O–H groups in total. The number of benzene rings is 1. The molecule has 9 nitrogen and oxygen atoms in total. The summed E-state index contributed by atoms with van der Waals surface area (Å²) < 4.78 is 26.6. The van der Waals surface area contributed by atoms with Crippen molar-refractivity contribution in [3.8, 4) is 0 Å². The molecule has 1 aromatic rings. The predicted molar refractivity (Wildman–Crippen MR) is 80.2 cm³/mol. The third kappa shape index (κ3) is 3.05. The number of nitro benzene ring substituents is 1. The van der Waals surface area contributed by atoms with Gasteiger partial charge in [-0.2, -0.15) is 4.31 Å². The van der Waals surface area contributed by atoms with E-state index in [0.29, 0.717) is 13.0 Å². The number of hydrogen-bond acceptors (Lipinski definition) is 6. The van der Waals surface area contributed by atoms with Crippen LogP contribution in [-0.4, -0.2) is 55.3 Å². The van der Waals surface area contributed by atoms with Crippen LogP contribution >= 0.6 is 0 Å². The highest BCUT2D eigenvalue weighted by atomic mass is 32.2. The largest absolute Gasteiger partial charge is 0.349 e. The van der Waals surface area contributed by atoms with Crippen LogP contribution in [0.4, 0.5) is 5.69 Å². The van der Waals surface area contributed by atoms with Gasteiger partial charge in [-0.25, -0.2) is 8.42 Å². The molecule has 0 spiro atoms. The van der Waals surface area contributed by atoms with Gasteiger partial charge in [-0.05, 0) is 18.6 Å². The maximum absolute atomic E-state index is 12.6. The number of carbonyl (C=O) groups is 1. The van der Waals surface area contributed by atoms with Crippen molar-refractivity contribution in [3.63, 3.8) is 0 Å². The molecule has 2 heterocycles. The van der Waals surface area contributed by atoms with E-state index >= 15 is 0 Å². The van der Waals surface area contributed by atoms with E-state index in [9.17, 15) is 23.3 Å². The highest BCUT2D eigenvalue weighted by Crippen LogP contribution is 2.23. The molecule has 124 valence electrons. The Kier molecular flexibility index (Phi) is 4.04. The Morgan fingerprint density at radius 1 is 1.22 bits per heavy atom. The Balaban J connectivity index is 1.79. The summed E-state index contributed by atoms with van der Waals surface area (Å²) in [6, 6.07) is 4.61. The Morgan fingerprint density at radius 3 is 2.57 bits per heavy atom. The van der Waals surface area contributed by atoms with Crippen molar-refractivity contribution in [1.82, 2.24) is 14.9 Å². The summed E-state index contributed by atoms with van der Waals surface area (Å²) in [7, 11) is -3.74. The summed E-state index contributed by atoms with van der Waals surface area (Å²) in [6.07, 6.45) is 0.594. The second kappa shape index (κ2) is 5.87. The number of hydrogen-bond donors (Lipinski definition) is 2. The molecule has 2 atom stereocenters. The van der Waals surface area contributed by atoms with Gasteiger partial charge in [0.25, 0.3) is 5.69 Å². The third-order valence-corrected chi connectivity index (χ3v) is 6.01. The molecule has 2 saturated heterocycles. The average molecular weight is 340 g/mol. The molecule has 0 radical (unpaired) electrons. The van der Waals surface area contributed by atoms with Gasteiger partial charge in [-0.3, -0.25) is 14.9 Å². The standard InChI is InChI=1S/C13H16N4O5S/c18-13-7-14-11-5-6-16(8-12(11)15-13)23(21,22)10-3-1-9(2-4-10)17(19)20/h1-4,11-12,14H,5-8H2,(H,15,18). The van der Waals surface area contributed by atoms with Crippen molar-refractivity contribution >= 4 is 21.6 Å². The topological polar surface area (TPSA) is 122 Å². The Labute approximate surface area is 132 Å². The summed E-state index contributed by atoms with van der Waals surface area (Å²) in [4.78, 5) is 21.5. The SMILES string of the molecule is O=C1CNC2CCN(S(=O)(=O)c3ccc([N+](=O)[O-])cc3)CC2N1. The van der Waals surface area contributed by atoms with Crippen LogP contribution in [0.3, 0.4) is 0 Å². The molecule has 23 heavy (non-hydrogen) atoms. The van der Waals surface area contributed by atoms with Crippen LogP contribution in [0.1, 0.15) is 6.42 Å². The van der Waals surface area contributed by atoms with Gasteiger partial charge in [0.2, 0.25) is 15.9 Å². The van der Waals surface area contributed by atoms with Crippen molar-refractivity contribution in [2.24, 2.45) is 0 Å². The number of fused-ring (bicyclic) bond motifs is 1. The number of piperidine rings is 1. The van der Waals surface area contributed by atoms with E-state index in [4.69, 9.17) is 0 Å². The van der Waals surface area contributed by atoms with Gasteiger partial charge in [0.15, 0.2) is 0 Å². The number of non-ortho nitro benzene ring substituents is 1. The van der Waals surface area contributed by atoms with Gasteiger partial charge in [0.1, 0.15) is 0 Å². The molecule has 1 amide bonds. The molecule has 0 bridgehead atoms. The summed E-state index contributed by atoms with van der Waals surface area (Å²) in [5, 5.41) is 16.5. The Bertz CT molecular complexity index is 733. The molecule has 2 unspecified atom stereocenters. The van der Waals surface area contributed by atoms with Crippen molar-refractivity contribution in [2.45, 2.75) is 23.4 Å². The molecule has 0 aromatic heterocycles. The first-order chi connectivity index (χ1) is 10.9. The van der Waals surface area contributed by atoms with Crippen LogP contribution in [0.25, 0.3) is 0 Å². The summed E-state index contributed by atoms with van der Waals surface area (Å²) in [6.45, 7) is 0.766. The van der Waals surface area contributed by atoms with Crippen LogP contribution in [0.5, 0.6) is 0 Å². The minimum absolute atomic E-state index is 0.0108. The molecule has 2 fully saturated rings. The van der Waals surface area contributed by atoms with Crippen molar-refractivity contribution in [3.05, 3.63) is 34.4 Å². The molecule has 2 aliphatic rings. The summed E-state index contributed by atoms with van der Waals surface area (Å²) in [5.41, 5.74) is -0.161. The highest BCUT2D eigenvalue weighted by Gasteiger charge is 2.38. The molecule has 2 aliphatic heterocycles. The number of nitrogens with one attached hydrogen (secondary N) is 2. The smallest absolute Gasteiger partial charge is 0.269 e. The fourth-order valence-corrected chi connectivity index (χ4v) is 4.38. The van der Waals surface area contributed by atoms with Crippen LogP contribution in [0.15, 0.2) is 29.2 Å². The van der Waals surface area contributed by atoms with E-state index in [-0.39, 0.29) is 41.7 Å². The van der Waals surface area contributed by atoms with E-state index in [0.717, 1.165) is 0 Å². The van der Waals surface area contributed by atoms with Gasteiger partial charge in [0.05, 0.1) is 22.4 Å². The maximum atomic E-state index is 12.6. The zero-order valence-corrected chi connectivity index (χ0v) is 13.0. The van der Waals surface area contributed by atoms with Gasteiger partial charge in [0, 0.05) is 31.3 Å². The molecular weight excluding hydrogens is 324 g/mol. The van der Waals surface area contributed by atoms with Gasteiger partial charge >= 0.3 is 0 Å². The molecule has 10 heteroatoms. The zero-order valence-electron chi connectivity index (χ0n) is 12.1. The van der Waals surface area contributed by atoms with Gasteiger partial charge in [-0.15, -0.1) is 0 Å². The number of carbonyl (C=O) groups excluding carboxylic acids is 1. The normalized spacial score (nSPS) is 25.5. The van der Waals surface area contributed by atoms with Crippen LogP contribution in [-0.2, 0) is 14.8 Å². The third-order valence-electron chi connectivity index (χ3n) is 4.13.